The first-order valence-electron chi connectivity index (χ1n) is 6.14. The van der Waals surface area contributed by atoms with Gasteiger partial charge in [-0.15, -0.1) is 0 Å². The Morgan fingerprint density at radius 1 is 1.33 bits per heavy atom. The Hall–Kier alpha value is -0.910. The van der Waals surface area contributed by atoms with Gasteiger partial charge < -0.3 is 5.11 Å². The predicted molar refractivity (Wildman–Crippen MR) is 71.2 cm³/mol. The van der Waals surface area contributed by atoms with Gasteiger partial charge in [0.25, 0.3) is 0 Å². The molecule has 1 unspecified atom stereocenters. The van der Waals surface area contributed by atoms with Crippen molar-refractivity contribution in [2.45, 2.75) is 13.0 Å². The number of hydrogen-bond acceptors (Lipinski definition) is 4. The van der Waals surface area contributed by atoms with E-state index in [1.54, 1.807) is 0 Å². The summed E-state index contributed by atoms with van der Waals surface area (Å²) in [5.41, 5.74) is 2.20. The van der Waals surface area contributed by atoms with Crippen LogP contribution in [0.4, 0.5) is 0 Å². The maximum absolute atomic E-state index is 11.4. The van der Waals surface area contributed by atoms with Crippen molar-refractivity contribution in [3.8, 4) is 0 Å². The first-order chi connectivity index (χ1) is 8.52. The van der Waals surface area contributed by atoms with Gasteiger partial charge in [-0.05, 0) is 12.5 Å². The molecular weight excluding hydrogens is 250 g/mol. The minimum atomic E-state index is -2.87. The minimum Gasteiger partial charge on any atom is -0.394 e. The van der Waals surface area contributed by atoms with Crippen LogP contribution < -0.4 is 0 Å². The average molecular weight is 269 g/mol. The molecule has 1 aliphatic heterocycles. The van der Waals surface area contributed by atoms with E-state index in [2.05, 4.69) is 4.90 Å². The SMILES string of the molecule is Cc1cccc(C(CO)N2CCS(=O)(=O)CC2)c1. The van der Waals surface area contributed by atoms with E-state index in [9.17, 15) is 13.5 Å². The Bertz CT molecular complexity index is 499. The van der Waals surface area contributed by atoms with Gasteiger partial charge in [0.05, 0.1) is 24.2 Å². The number of rotatable bonds is 3. The van der Waals surface area contributed by atoms with Crippen molar-refractivity contribution in [2.24, 2.45) is 0 Å². The van der Waals surface area contributed by atoms with E-state index in [1.807, 2.05) is 31.2 Å². The zero-order valence-electron chi connectivity index (χ0n) is 10.5. The molecular formula is C13H19NO3S. The maximum Gasteiger partial charge on any atom is 0.152 e. The standard InChI is InChI=1S/C13H19NO3S/c1-11-3-2-4-12(9-11)13(10-15)14-5-7-18(16,17)8-6-14/h2-4,9,13,15H,5-8,10H2,1H3. The zero-order chi connectivity index (χ0) is 13.2. The zero-order valence-corrected chi connectivity index (χ0v) is 11.4. The molecule has 18 heavy (non-hydrogen) atoms. The maximum atomic E-state index is 11.4. The second kappa shape index (κ2) is 5.38. The van der Waals surface area contributed by atoms with Crippen LogP contribution in [0.15, 0.2) is 24.3 Å². The Morgan fingerprint density at radius 2 is 2.00 bits per heavy atom. The molecule has 1 N–H and O–H groups in total. The number of sulfone groups is 1. The Labute approximate surface area is 108 Å². The number of benzene rings is 1. The molecule has 0 aliphatic carbocycles. The summed E-state index contributed by atoms with van der Waals surface area (Å²) in [5, 5.41) is 9.56. The monoisotopic (exact) mass is 269 g/mol. The molecule has 0 bridgehead atoms. The number of aliphatic hydroxyl groups excluding tert-OH is 1. The number of hydrogen-bond donors (Lipinski definition) is 1. The summed E-state index contributed by atoms with van der Waals surface area (Å²) in [6.45, 7) is 3.03. The average Bonchev–Trinajstić information content (AvgIpc) is 2.32. The van der Waals surface area contributed by atoms with Gasteiger partial charge in [0.1, 0.15) is 0 Å². The van der Waals surface area contributed by atoms with E-state index in [-0.39, 0.29) is 24.2 Å². The molecule has 4 nitrogen and oxygen atoms in total. The molecule has 5 heteroatoms. The molecule has 0 saturated carbocycles. The number of aryl methyl sites for hydroxylation is 1. The van der Waals surface area contributed by atoms with Crippen LogP contribution in [0.25, 0.3) is 0 Å². The van der Waals surface area contributed by atoms with Crippen LogP contribution >= 0.6 is 0 Å². The van der Waals surface area contributed by atoms with Crippen LogP contribution in [-0.4, -0.2) is 49.6 Å². The normalized spacial score (nSPS) is 21.7. The van der Waals surface area contributed by atoms with Gasteiger partial charge >= 0.3 is 0 Å². The van der Waals surface area contributed by atoms with E-state index in [0.717, 1.165) is 11.1 Å². The molecule has 1 aliphatic rings. The molecule has 0 spiro atoms. The molecule has 1 aromatic rings. The summed E-state index contributed by atoms with van der Waals surface area (Å²) in [4.78, 5) is 2.05. The topological polar surface area (TPSA) is 57.6 Å². The summed E-state index contributed by atoms with van der Waals surface area (Å²) >= 11 is 0. The number of nitrogens with zero attached hydrogens (tertiary/aromatic N) is 1. The lowest BCUT2D eigenvalue weighted by molar-refractivity contribution is 0.131. The van der Waals surface area contributed by atoms with E-state index in [1.165, 1.54) is 0 Å². The third-order valence-electron chi connectivity index (χ3n) is 3.42. The van der Waals surface area contributed by atoms with Crippen LogP contribution in [0.2, 0.25) is 0 Å². The van der Waals surface area contributed by atoms with Gasteiger partial charge in [-0.3, -0.25) is 4.90 Å². The quantitative estimate of drug-likeness (QED) is 0.880. The summed E-state index contributed by atoms with van der Waals surface area (Å²) in [5.74, 6) is 0.380. The van der Waals surface area contributed by atoms with Crippen LogP contribution in [0.1, 0.15) is 17.2 Å². The second-order valence-corrected chi connectivity index (χ2v) is 7.10. The van der Waals surface area contributed by atoms with E-state index in [4.69, 9.17) is 0 Å². The highest BCUT2D eigenvalue weighted by Crippen LogP contribution is 2.23. The summed E-state index contributed by atoms with van der Waals surface area (Å²) in [6, 6.07) is 7.91. The third kappa shape index (κ3) is 3.10. The van der Waals surface area contributed by atoms with Crippen molar-refractivity contribution in [3.05, 3.63) is 35.4 Å². The molecule has 2 rings (SSSR count). The van der Waals surface area contributed by atoms with Crippen LogP contribution in [0.3, 0.4) is 0 Å². The van der Waals surface area contributed by atoms with Gasteiger partial charge in [-0.1, -0.05) is 29.8 Å². The third-order valence-corrected chi connectivity index (χ3v) is 5.03. The molecule has 1 aromatic carbocycles. The van der Waals surface area contributed by atoms with E-state index < -0.39 is 9.84 Å². The smallest absolute Gasteiger partial charge is 0.152 e. The fourth-order valence-electron chi connectivity index (χ4n) is 2.35. The van der Waals surface area contributed by atoms with E-state index >= 15 is 0 Å². The fraction of sp³-hybridized carbons (Fsp3) is 0.538. The molecule has 0 aromatic heterocycles. The lowest BCUT2D eigenvalue weighted by atomic mass is 10.0. The van der Waals surface area contributed by atoms with Crippen molar-refractivity contribution in [2.75, 3.05) is 31.2 Å². The molecule has 1 atom stereocenters. The van der Waals surface area contributed by atoms with Crippen molar-refractivity contribution >= 4 is 9.84 Å². The summed E-state index contributed by atoms with van der Waals surface area (Å²) in [7, 11) is -2.87. The molecule has 100 valence electrons. The first kappa shape index (κ1) is 13.5. The molecule has 1 fully saturated rings. The van der Waals surface area contributed by atoms with Crippen molar-refractivity contribution < 1.29 is 13.5 Å². The highest BCUT2D eigenvalue weighted by molar-refractivity contribution is 7.91. The molecule has 0 radical (unpaired) electrons. The van der Waals surface area contributed by atoms with Gasteiger partial charge in [0, 0.05) is 13.1 Å². The highest BCUT2D eigenvalue weighted by Gasteiger charge is 2.27. The Kier molecular flexibility index (Phi) is 4.04. The Morgan fingerprint density at radius 3 is 2.56 bits per heavy atom. The van der Waals surface area contributed by atoms with Crippen molar-refractivity contribution in [1.82, 2.24) is 4.90 Å². The molecule has 1 saturated heterocycles. The number of aliphatic hydroxyl groups is 1. The molecule has 1 heterocycles. The van der Waals surface area contributed by atoms with Gasteiger partial charge in [0.15, 0.2) is 9.84 Å². The first-order valence-corrected chi connectivity index (χ1v) is 7.96. The minimum absolute atomic E-state index is 0.0174. The predicted octanol–water partition coefficient (Wildman–Crippen LogP) is 0.759. The second-order valence-electron chi connectivity index (χ2n) is 4.80. The van der Waals surface area contributed by atoms with E-state index in [0.29, 0.717) is 13.1 Å². The molecule has 0 amide bonds. The van der Waals surface area contributed by atoms with Crippen LogP contribution in [0, 0.1) is 6.92 Å². The lowest BCUT2D eigenvalue weighted by Gasteiger charge is -2.33. The fourth-order valence-corrected chi connectivity index (χ4v) is 3.58. The lowest BCUT2D eigenvalue weighted by Crippen LogP contribution is -2.43. The van der Waals surface area contributed by atoms with Crippen molar-refractivity contribution in [1.29, 1.82) is 0 Å². The Balaban J connectivity index is 2.15. The van der Waals surface area contributed by atoms with Crippen LogP contribution in [-0.2, 0) is 9.84 Å². The summed E-state index contributed by atoms with van der Waals surface area (Å²) in [6.07, 6.45) is 0. The summed E-state index contributed by atoms with van der Waals surface area (Å²) < 4.78 is 22.8. The van der Waals surface area contributed by atoms with Crippen LogP contribution in [0.5, 0.6) is 0 Å². The van der Waals surface area contributed by atoms with Gasteiger partial charge in [0.2, 0.25) is 0 Å². The van der Waals surface area contributed by atoms with Crippen molar-refractivity contribution in [3.63, 3.8) is 0 Å². The van der Waals surface area contributed by atoms with Gasteiger partial charge in [-0.2, -0.15) is 0 Å². The largest absolute Gasteiger partial charge is 0.394 e. The van der Waals surface area contributed by atoms with Gasteiger partial charge in [-0.25, -0.2) is 8.42 Å². The highest BCUT2D eigenvalue weighted by atomic mass is 32.2.